The summed E-state index contributed by atoms with van der Waals surface area (Å²) in [7, 11) is 0. The van der Waals surface area contributed by atoms with E-state index in [0.717, 1.165) is 32.4 Å². The van der Waals surface area contributed by atoms with E-state index >= 15 is 0 Å². The quantitative estimate of drug-likeness (QED) is 0.838. The molecule has 0 bridgehead atoms. The summed E-state index contributed by atoms with van der Waals surface area (Å²) in [6, 6.07) is 10.8. The van der Waals surface area contributed by atoms with E-state index in [9.17, 15) is 4.79 Å². The second-order valence-corrected chi connectivity index (χ2v) is 8.40. The van der Waals surface area contributed by atoms with E-state index in [1.54, 1.807) is 0 Å². The van der Waals surface area contributed by atoms with Crippen LogP contribution in [0.5, 0.6) is 0 Å². The molecule has 1 atom stereocenters. The van der Waals surface area contributed by atoms with Gasteiger partial charge in [0.1, 0.15) is 5.82 Å². The largest absolute Gasteiger partial charge is 0.340 e. The van der Waals surface area contributed by atoms with Crippen LogP contribution in [0.3, 0.4) is 0 Å². The molecule has 1 saturated heterocycles. The lowest BCUT2D eigenvalue weighted by Crippen LogP contribution is -2.38. The molecule has 2 aromatic rings. The van der Waals surface area contributed by atoms with Crippen LogP contribution in [0.1, 0.15) is 67.6 Å². The van der Waals surface area contributed by atoms with Crippen molar-refractivity contribution < 1.29 is 4.79 Å². The van der Waals surface area contributed by atoms with E-state index in [1.807, 2.05) is 12.3 Å². The van der Waals surface area contributed by atoms with Crippen LogP contribution in [0.15, 0.2) is 36.5 Å². The van der Waals surface area contributed by atoms with Crippen LogP contribution in [0.2, 0.25) is 0 Å². The predicted octanol–water partition coefficient (Wildman–Crippen LogP) is 3.96. The lowest BCUT2D eigenvalue weighted by Gasteiger charge is -2.29. The third-order valence-electron chi connectivity index (χ3n) is 6.78. The van der Waals surface area contributed by atoms with Crippen LogP contribution in [0.4, 0.5) is 0 Å². The average molecular weight is 349 g/mol. The van der Waals surface area contributed by atoms with Gasteiger partial charge in [-0.1, -0.05) is 36.8 Å². The number of benzene rings is 1. The van der Waals surface area contributed by atoms with Gasteiger partial charge < -0.3 is 9.47 Å². The number of hydrogen-bond acceptors (Lipinski definition) is 2. The first-order chi connectivity index (χ1) is 12.7. The first-order valence-electron chi connectivity index (χ1n) is 10.1. The highest BCUT2D eigenvalue weighted by Crippen LogP contribution is 2.50. The smallest absolute Gasteiger partial charge is 0.233 e. The van der Waals surface area contributed by atoms with Crippen molar-refractivity contribution in [3.05, 3.63) is 53.6 Å². The Morgan fingerprint density at radius 1 is 1.15 bits per heavy atom. The summed E-state index contributed by atoms with van der Waals surface area (Å²) < 4.78 is 2.44. The Hall–Kier alpha value is -2.10. The maximum Gasteiger partial charge on any atom is 0.233 e. The topological polar surface area (TPSA) is 38.1 Å². The summed E-state index contributed by atoms with van der Waals surface area (Å²) in [5.41, 5.74) is 2.20. The summed E-state index contributed by atoms with van der Waals surface area (Å²) in [5.74, 6) is 2.24. The lowest BCUT2D eigenvalue weighted by atomic mass is 9.84. The zero-order valence-electron chi connectivity index (χ0n) is 15.5. The van der Waals surface area contributed by atoms with Crippen molar-refractivity contribution in [2.45, 2.75) is 62.8 Å². The number of hydrogen-bond donors (Lipinski definition) is 0. The molecule has 2 aliphatic carbocycles. The van der Waals surface area contributed by atoms with Gasteiger partial charge in [-0.25, -0.2) is 4.98 Å². The summed E-state index contributed by atoms with van der Waals surface area (Å²) in [6.45, 7) is 3.87. The van der Waals surface area contributed by atoms with Gasteiger partial charge in [-0.15, -0.1) is 0 Å². The second-order valence-electron chi connectivity index (χ2n) is 8.40. The zero-order valence-corrected chi connectivity index (χ0v) is 15.5. The third-order valence-corrected chi connectivity index (χ3v) is 6.78. The maximum absolute atomic E-state index is 13.3. The van der Waals surface area contributed by atoms with Crippen LogP contribution in [0.25, 0.3) is 0 Å². The standard InChI is InChI=1S/C22H27N3O/c1-16-14-23-20(17-6-5-7-17)25(16)19-10-13-24(15-19)21(26)22(11-12-22)18-8-3-2-4-9-18/h2-4,8-9,14,17,19H,5-7,10-13,15H2,1H3. The number of nitrogens with zero attached hydrogens (tertiary/aromatic N) is 3. The van der Waals surface area contributed by atoms with E-state index in [2.05, 4.69) is 40.7 Å². The minimum Gasteiger partial charge on any atom is -0.340 e. The Balaban J connectivity index is 1.35. The highest BCUT2D eigenvalue weighted by Gasteiger charge is 2.53. The Bertz CT molecular complexity index is 817. The van der Waals surface area contributed by atoms with Crippen LogP contribution in [0, 0.1) is 6.92 Å². The molecule has 26 heavy (non-hydrogen) atoms. The summed E-state index contributed by atoms with van der Waals surface area (Å²) in [6.07, 6.45) is 8.91. The number of aryl methyl sites for hydroxylation is 1. The normalized spacial score (nSPS) is 24.5. The van der Waals surface area contributed by atoms with Crippen LogP contribution < -0.4 is 0 Å². The van der Waals surface area contributed by atoms with Crippen molar-refractivity contribution >= 4 is 5.91 Å². The maximum atomic E-state index is 13.3. The van der Waals surface area contributed by atoms with E-state index in [0.29, 0.717) is 17.9 Å². The summed E-state index contributed by atoms with van der Waals surface area (Å²) >= 11 is 0. The molecule has 0 spiro atoms. The van der Waals surface area contributed by atoms with Crippen molar-refractivity contribution in [2.75, 3.05) is 13.1 Å². The summed E-state index contributed by atoms with van der Waals surface area (Å²) in [4.78, 5) is 20.2. The van der Waals surface area contributed by atoms with Crippen molar-refractivity contribution in [3.63, 3.8) is 0 Å². The summed E-state index contributed by atoms with van der Waals surface area (Å²) in [5, 5.41) is 0. The minimum absolute atomic E-state index is 0.239. The van der Waals surface area contributed by atoms with Crippen LogP contribution in [-0.2, 0) is 10.2 Å². The first kappa shape index (κ1) is 16.1. The molecule has 3 fully saturated rings. The molecule has 4 heteroatoms. The van der Waals surface area contributed by atoms with E-state index in [4.69, 9.17) is 4.98 Å². The zero-order chi connectivity index (χ0) is 17.7. The minimum atomic E-state index is -0.239. The van der Waals surface area contributed by atoms with Crippen molar-refractivity contribution in [1.29, 1.82) is 0 Å². The third kappa shape index (κ3) is 2.42. The first-order valence-corrected chi connectivity index (χ1v) is 10.1. The molecule has 1 aromatic heterocycles. The molecule has 1 amide bonds. The molecule has 136 valence electrons. The molecule has 4 nitrogen and oxygen atoms in total. The molecule has 0 radical (unpaired) electrons. The molecule has 1 aliphatic heterocycles. The fraction of sp³-hybridized carbons (Fsp3) is 0.545. The van der Waals surface area contributed by atoms with E-state index < -0.39 is 0 Å². The molecular formula is C22H27N3O. The Kier molecular flexibility index (Phi) is 3.70. The number of carbonyl (C=O) groups is 1. The van der Waals surface area contributed by atoms with Crippen molar-refractivity contribution in [3.8, 4) is 0 Å². The lowest BCUT2D eigenvalue weighted by molar-refractivity contribution is -0.133. The Morgan fingerprint density at radius 3 is 2.58 bits per heavy atom. The van der Waals surface area contributed by atoms with Gasteiger partial charge in [0.25, 0.3) is 0 Å². The van der Waals surface area contributed by atoms with Gasteiger partial charge in [-0.05, 0) is 44.6 Å². The van der Waals surface area contributed by atoms with Gasteiger partial charge in [0.05, 0.1) is 11.5 Å². The van der Waals surface area contributed by atoms with Crippen LogP contribution in [-0.4, -0.2) is 33.4 Å². The van der Waals surface area contributed by atoms with Gasteiger partial charge in [-0.3, -0.25) is 4.79 Å². The van der Waals surface area contributed by atoms with Gasteiger partial charge >= 0.3 is 0 Å². The highest BCUT2D eigenvalue weighted by atomic mass is 16.2. The number of imidazole rings is 1. The van der Waals surface area contributed by atoms with Gasteiger partial charge in [-0.2, -0.15) is 0 Å². The molecular weight excluding hydrogens is 322 g/mol. The number of carbonyl (C=O) groups excluding carboxylic acids is 1. The van der Waals surface area contributed by atoms with Gasteiger partial charge in [0.2, 0.25) is 5.91 Å². The fourth-order valence-electron chi connectivity index (χ4n) is 4.86. The van der Waals surface area contributed by atoms with Crippen molar-refractivity contribution in [2.24, 2.45) is 0 Å². The average Bonchev–Trinajstić information content (AvgIpc) is 3.15. The second kappa shape index (κ2) is 5.97. The molecule has 1 aromatic carbocycles. The van der Waals surface area contributed by atoms with Crippen molar-refractivity contribution in [1.82, 2.24) is 14.5 Å². The molecule has 5 rings (SSSR count). The van der Waals surface area contributed by atoms with Gasteiger partial charge in [0, 0.05) is 30.9 Å². The fourth-order valence-corrected chi connectivity index (χ4v) is 4.86. The van der Waals surface area contributed by atoms with Crippen LogP contribution >= 0.6 is 0 Å². The molecule has 2 heterocycles. The molecule has 0 N–H and O–H groups in total. The number of aromatic nitrogens is 2. The van der Waals surface area contributed by atoms with E-state index in [1.165, 1.54) is 36.3 Å². The SMILES string of the molecule is Cc1cnc(C2CCC2)n1C1CCN(C(=O)C2(c3ccccc3)CC2)C1. The van der Waals surface area contributed by atoms with E-state index in [-0.39, 0.29) is 5.41 Å². The molecule has 3 aliphatic rings. The predicted molar refractivity (Wildman–Crippen MR) is 101 cm³/mol. The Morgan fingerprint density at radius 2 is 1.92 bits per heavy atom. The Labute approximate surface area is 155 Å². The highest BCUT2D eigenvalue weighted by molar-refractivity contribution is 5.91. The number of rotatable bonds is 4. The monoisotopic (exact) mass is 349 g/mol. The molecule has 1 unspecified atom stereocenters. The number of likely N-dealkylation sites (tertiary alicyclic amines) is 1. The van der Waals surface area contributed by atoms with Gasteiger partial charge in [0.15, 0.2) is 0 Å². The molecule has 2 saturated carbocycles. The number of amides is 1.